The van der Waals surface area contributed by atoms with E-state index in [1.54, 1.807) is 45.0 Å². The van der Waals surface area contributed by atoms with Crippen molar-refractivity contribution in [2.75, 3.05) is 0 Å². The Morgan fingerprint density at radius 3 is 2.27 bits per heavy atom. The highest BCUT2D eigenvalue weighted by Crippen LogP contribution is 2.13. The van der Waals surface area contributed by atoms with Gasteiger partial charge in [-0.3, -0.25) is 0 Å². The Hall–Kier alpha value is -1.79. The summed E-state index contributed by atoms with van der Waals surface area (Å²) >= 11 is 5.78. The van der Waals surface area contributed by atoms with Crippen molar-refractivity contribution in [3.8, 4) is 0 Å². The van der Waals surface area contributed by atoms with Crippen LogP contribution in [0.2, 0.25) is 5.02 Å². The van der Waals surface area contributed by atoms with Crippen molar-refractivity contribution in [2.45, 2.75) is 44.9 Å². The topological polar surface area (TPSA) is 95.9 Å². The summed E-state index contributed by atoms with van der Waals surface area (Å²) in [7, 11) is 0. The number of alkyl carbamates (subject to hydrolysis) is 1. The second-order valence-corrected chi connectivity index (χ2v) is 6.30. The molecule has 22 heavy (non-hydrogen) atoms. The van der Waals surface area contributed by atoms with Gasteiger partial charge in [-0.05, 0) is 44.9 Å². The molecule has 0 bridgehead atoms. The number of carbonyl (C=O) groups excluding carboxylic acids is 1. The number of carboxylic acid groups (broad SMARTS) is 1. The van der Waals surface area contributed by atoms with Gasteiger partial charge in [0.2, 0.25) is 0 Å². The normalized spacial score (nSPS) is 14.0. The van der Waals surface area contributed by atoms with Gasteiger partial charge in [0.15, 0.2) is 6.10 Å². The lowest BCUT2D eigenvalue weighted by atomic mass is 10.0. The first-order chi connectivity index (χ1) is 10.1. The Morgan fingerprint density at radius 1 is 1.27 bits per heavy atom. The number of nitrogens with one attached hydrogen (secondary N) is 1. The Labute approximate surface area is 134 Å². The maximum absolute atomic E-state index is 11.8. The lowest BCUT2D eigenvalue weighted by Crippen LogP contribution is -2.49. The van der Waals surface area contributed by atoms with Gasteiger partial charge in [-0.2, -0.15) is 0 Å². The molecule has 0 heterocycles. The smallest absolute Gasteiger partial charge is 0.407 e. The number of carbonyl (C=O) groups is 2. The third-order valence-electron chi connectivity index (χ3n) is 2.71. The molecule has 0 aliphatic rings. The van der Waals surface area contributed by atoms with Gasteiger partial charge >= 0.3 is 12.1 Å². The fourth-order valence-electron chi connectivity index (χ4n) is 1.75. The van der Waals surface area contributed by atoms with Crippen LogP contribution in [0.15, 0.2) is 24.3 Å². The molecule has 7 heteroatoms. The van der Waals surface area contributed by atoms with Gasteiger partial charge in [0.1, 0.15) is 5.60 Å². The van der Waals surface area contributed by atoms with Crippen molar-refractivity contribution in [1.29, 1.82) is 0 Å². The van der Waals surface area contributed by atoms with E-state index in [0.717, 1.165) is 5.56 Å². The van der Waals surface area contributed by atoms with E-state index < -0.39 is 29.8 Å². The fourth-order valence-corrected chi connectivity index (χ4v) is 1.87. The van der Waals surface area contributed by atoms with Crippen LogP contribution in [0.5, 0.6) is 0 Å². The highest BCUT2D eigenvalue weighted by molar-refractivity contribution is 6.30. The van der Waals surface area contributed by atoms with Gasteiger partial charge in [-0.15, -0.1) is 0 Å². The molecule has 0 aromatic heterocycles. The van der Waals surface area contributed by atoms with Crippen molar-refractivity contribution >= 4 is 23.7 Å². The van der Waals surface area contributed by atoms with E-state index in [1.165, 1.54) is 0 Å². The average molecular weight is 330 g/mol. The molecular weight excluding hydrogens is 310 g/mol. The molecule has 0 spiro atoms. The summed E-state index contributed by atoms with van der Waals surface area (Å²) in [6.45, 7) is 5.07. The van der Waals surface area contributed by atoms with Crippen LogP contribution < -0.4 is 5.32 Å². The molecule has 0 saturated carbocycles. The molecular formula is C15H20ClNO5. The maximum Gasteiger partial charge on any atom is 0.407 e. The van der Waals surface area contributed by atoms with E-state index in [-0.39, 0.29) is 6.42 Å². The molecule has 1 aromatic rings. The highest BCUT2D eigenvalue weighted by atomic mass is 35.5. The minimum absolute atomic E-state index is 0.129. The molecule has 6 nitrogen and oxygen atoms in total. The molecule has 0 fully saturated rings. The molecule has 0 aliphatic heterocycles. The van der Waals surface area contributed by atoms with E-state index in [0.29, 0.717) is 5.02 Å². The van der Waals surface area contributed by atoms with Crippen LogP contribution in [0, 0.1) is 0 Å². The Bertz CT molecular complexity index is 524. The van der Waals surface area contributed by atoms with Crippen LogP contribution in [0.1, 0.15) is 26.3 Å². The molecule has 1 amide bonds. The maximum atomic E-state index is 11.8. The second-order valence-electron chi connectivity index (χ2n) is 5.87. The molecule has 0 saturated heterocycles. The zero-order valence-corrected chi connectivity index (χ0v) is 13.4. The summed E-state index contributed by atoms with van der Waals surface area (Å²) in [6, 6.07) is 5.67. The largest absolute Gasteiger partial charge is 0.479 e. The minimum Gasteiger partial charge on any atom is -0.479 e. The first-order valence-electron chi connectivity index (χ1n) is 6.73. The number of rotatable bonds is 5. The first-order valence-corrected chi connectivity index (χ1v) is 7.11. The summed E-state index contributed by atoms with van der Waals surface area (Å²) in [4.78, 5) is 22.8. The SMILES string of the molecule is CC(C)(C)OC(=O)N[C@H](Cc1ccc(Cl)cc1)[C@H](O)C(=O)O. The number of aliphatic carboxylic acids is 1. The summed E-state index contributed by atoms with van der Waals surface area (Å²) in [6.07, 6.45) is -2.40. The van der Waals surface area contributed by atoms with Gasteiger partial charge in [-0.25, -0.2) is 9.59 Å². The number of halogens is 1. The number of amides is 1. The minimum atomic E-state index is -1.75. The van der Waals surface area contributed by atoms with E-state index >= 15 is 0 Å². The van der Waals surface area contributed by atoms with E-state index in [2.05, 4.69) is 5.32 Å². The number of ether oxygens (including phenoxy) is 1. The van der Waals surface area contributed by atoms with Crippen LogP contribution >= 0.6 is 11.6 Å². The zero-order valence-electron chi connectivity index (χ0n) is 12.7. The molecule has 1 rings (SSSR count). The lowest BCUT2D eigenvalue weighted by Gasteiger charge is -2.25. The van der Waals surface area contributed by atoms with Crippen LogP contribution in [-0.4, -0.2) is 40.0 Å². The predicted octanol–water partition coefficient (Wildman–Crippen LogP) is 2.22. The highest BCUT2D eigenvalue weighted by Gasteiger charge is 2.29. The van der Waals surface area contributed by atoms with Crippen LogP contribution in [0.4, 0.5) is 4.79 Å². The number of aliphatic hydroxyl groups is 1. The monoisotopic (exact) mass is 329 g/mol. The fraction of sp³-hybridized carbons (Fsp3) is 0.467. The first kappa shape index (κ1) is 18.3. The van der Waals surface area contributed by atoms with Crippen molar-refractivity contribution in [1.82, 2.24) is 5.32 Å². The number of hydrogen-bond acceptors (Lipinski definition) is 4. The van der Waals surface area contributed by atoms with Crippen LogP contribution in [-0.2, 0) is 16.0 Å². The van der Waals surface area contributed by atoms with Crippen molar-refractivity contribution in [3.63, 3.8) is 0 Å². The Kier molecular flexibility index (Phi) is 6.20. The second kappa shape index (κ2) is 7.47. The molecule has 2 atom stereocenters. The van der Waals surface area contributed by atoms with Crippen molar-refractivity contribution < 1.29 is 24.5 Å². The molecule has 0 unspecified atom stereocenters. The third-order valence-corrected chi connectivity index (χ3v) is 2.96. The Balaban J connectivity index is 2.82. The summed E-state index contributed by atoms with van der Waals surface area (Å²) in [5, 5.41) is 21.6. The molecule has 0 radical (unpaired) electrons. The number of aliphatic hydroxyl groups excluding tert-OH is 1. The van der Waals surface area contributed by atoms with Crippen LogP contribution in [0.3, 0.4) is 0 Å². The zero-order chi connectivity index (χ0) is 16.9. The van der Waals surface area contributed by atoms with E-state index in [4.69, 9.17) is 21.4 Å². The van der Waals surface area contributed by atoms with Crippen molar-refractivity contribution in [2.24, 2.45) is 0 Å². The third kappa shape index (κ3) is 6.32. The summed E-state index contributed by atoms with van der Waals surface area (Å²) < 4.78 is 5.08. The number of carboxylic acids is 1. The molecule has 1 aromatic carbocycles. The van der Waals surface area contributed by atoms with Crippen LogP contribution in [0.25, 0.3) is 0 Å². The Morgan fingerprint density at radius 2 is 1.82 bits per heavy atom. The number of hydrogen-bond donors (Lipinski definition) is 3. The van der Waals surface area contributed by atoms with Gasteiger partial charge < -0.3 is 20.3 Å². The van der Waals surface area contributed by atoms with Crippen molar-refractivity contribution in [3.05, 3.63) is 34.9 Å². The average Bonchev–Trinajstić information content (AvgIpc) is 2.37. The van der Waals surface area contributed by atoms with E-state index in [1.807, 2.05) is 0 Å². The summed E-state index contributed by atoms with van der Waals surface area (Å²) in [5.74, 6) is -1.42. The molecule has 0 aliphatic carbocycles. The van der Waals surface area contributed by atoms with Gasteiger partial charge in [0.05, 0.1) is 6.04 Å². The summed E-state index contributed by atoms with van der Waals surface area (Å²) in [5.41, 5.74) is 0.00839. The van der Waals surface area contributed by atoms with Gasteiger partial charge in [0, 0.05) is 5.02 Å². The predicted molar refractivity (Wildman–Crippen MR) is 82.0 cm³/mol. The quantitative estimate of drug-likeness (QED) is 0.769. The van der Waals surface area contributed by atoms with Gasteiger partial charge in [-0.1, -0.05) is 23.7 Å². The lowest BCUT2D eigenvalue weighted by molar-refractivity contribution is -0.148. The standard InChI is InChI=1S/C15H20ClNO5/c1-15(2,3)22-14(21)17-11(12(18)13(19)20)8-9-4-6-10(16)7-5-9/h4-7,11-12,18H,8H2,1-3H3,(H,17,21)(H,19,20)/t11-,12+/m1/s1. The molecule has 122 valence electrons. The van der Waals surface area contributed by atoms with E-state index in [9.17, 15) is 14.7 Å². The molecule has 3 N–H and O–H groups in total. The number of benzene rings is 1. The van der Waals surface area contributed by atoms with Gasteiger partial charge in [0.25, 0.3) is 0 Å².